The van der Waals surface area contributed by atoms with E-state index in [4.69, 9.17) is 4.43 Å². The Hall–Kier alpha value is 0.137. The highest BCUT2D eigenvalue weighted by Crippen LogP contribution is 2.04. The topological polar surface area (TPSA) is 12.5 Å². The molecular formula is C8H21NOSi. The van der Waals surface area contributed by atoms with Crippen molar-refractivity contribution in [2.75, 3.05) is 26.4 Å². The molecule has 0 saturated heterocycles. The molecule has 11 heavy (non-hydrogen) atoms. The van der Waals surface area contributed by atoms with Gasteiger partial charge in [0.2, 0.25) is 0 Å². The van der Waals surface area contributed by atoms with Gasteiger partial charge in [0.15, 0.2) is 8.32 Å². The molecule has 0 saturated carbocycles. The van der Waals surface area contributed by atoms with Crippen LogP contribution in [0.25, 0.3) is 0 Å². The van der Waals surface area contributed by atoms with E-state index in [0.717, 1.165) is 19.3 Å². The van der Waals surface area contributed by atoms with Crippen LogP contribution in [0.15, 0.2) is 0 Å². The SMILES string of the molecule is CCN(CC)C[Si](C)(C)OC. The quantitative estimate of drug-likeness (QED) is 0.590. The van der Waals surface area contributed by atoms with Gasteiger partial charge in [-0.05, 0) is 26.2 Å². The maximum absolute atomic E-state index is 5.47. The lowest BCUT2D eigenvalue weighted by molar-refractivity contribution is 0.310. The van der Waals surface area contributed by atoms with E-state index in [1.54, 1.807) is 0 Å². The molecule has 0 spiro atoms. The summed E-state index contributed by atoms with van der Waals surface area (Å²) in [7, 11) is 0.473. The summed E-state index contributed by atoms with van der Waals surface area (Å²) in [6, 6.07) is 0. The third-order valence-corrected chi connectivity index (χ3v) is 4.37. The molecule has 0 aliphatic carbocycles. The lowest BCUT2D eigenvalue weighted by Gasteiger charge is -2.27. The molecule has 0 aliphatic rings. The first-order valence-corrected chi connectivity index (χ1v) is 7.44. The lowest BCUT2D eigenvalue weighted by atomic mass is 10.6. The lowest BCUT2D eigenvalue weighted by Crippen LogP contribution is -2.44. The standard InChI is InChI=1S/C8H21NOSi/c1-6-9(7-2)8-11(4,5)10-3/h6-8H2,1-5H3. The van der Waals surface area contributed by atoms with E-state index in [9.17, 15) is 0 Å². The van der Waals surface area contributed by atoms with Gasteiger partial charge < -0.3 is 9.33 Å². The number of hydrogen-bond acceptors (Lipinski definition) is 2. The van der Waals surface area contributed by atoms with Crippen molar-refractivity contribution in [1.29, 1.82) is 0 Å². The summed E-state index contributed by atoms with van der Waals surface area (Å²) in [4.78, 5) is 2.43. The summed E-state index contributed by atoms with van der Waals surface area (Å²) in [6.45, 7) is 11.2. The predicted octanol–water partition coefficient (Wildman–Crippen LogP) is 1.72. The second-order valence-corrected chi connectivity index (χ2v) is 7.67. The van der Waals surface area contributed by atoms with Crippen LogP contribution in [-0.4, -0.2) is 39.6 Å². The van der Waals surface area contributed by atoms with Crippen molar-refractivity contribution in [3.63, 3.8) is 0 Å². The zero-order valence-electron chi connectivity index (χ0n) is 8.48. The van der Waals surface area contributed by atoms with E-state index in [2.05, 4.69) is 31.8 Å². The summed E-state index contributed by atoms with van der Waals surface area (Å²) < 4.78 is 5.47. The van der Waals surface area contributed by atoms with Gasteiger partial charge in [-0.2, -0.15) is 0 Å². The van der Waals surface area contributed by atoms with Crippen molar-refractivity contribution in [3.8, 4) is 0 Å². The second kappa shape index (κ2) is 4.90. The largest absolute Gasteiger partial charge is 0.419 e. The molecule has 3 heteroatoms. The molecule has 0 unspecified atom stereocenters. The molecule has 0 aromatic rings. The van der Waals surface area contributed by atoms with Crippen molar-refractivity contribution in [2.24, 2.45) is 0 Å². The van der Waals surface area contributed by atoms with Gasteiger partial charge in [0, 0.05) is 13.3 Å². The van der Waals surface area contributed by atoms with Crippen molar-refractivity contribution in [1.82, 2.24) is 4.90 Å². The molecule has 0 N–H and O–H groups in total. The zero-order valence-corrected chi connectivity index (χ0v) is 9.48. The summed E-state index contributed by atoms with van der Waals surface area (Å²) in [5.74, 6) is 0. The summed E-state index contributed by atoms with van der Waals surface area (Å²) in [5.41, 5.74) is 0. The van der Waals surface area contributed by atoms with E-state index in [-0.39, 0.29) is 0 Å². The molecule has 0 rings (SSSR count). The first-order chi connectivity index (χ1) is 5.05. The van der Waals surface area contributed by atoms with E-state index in [0.29, 0.717) is 0 Å². The van der Waals surface area contributed by atoms with Crippen LogP contribution in [0, 0.1) is 0 Å². The van der Waals surface area contributed by atoms with Gasteiger partial charge in [0.25, 0.3) is 0 Å². The minimum atomic E-state index is -1.36. The Bertz CT molecular complexity index is 102. The summed E-state index contributed by atoms with van der Waals surface area (Å²) in [5, 5.41) is 0. The molecule has 0 aromatic carbocycles. The van der Waals surface area contributed by atoms with Crippen LogP contribution < -0.4 is 0 Å². The molecule has 0 amide bonds. The Morgan fingerprint density at radius 1 is 1.18 bits per heavy atom. The molecular weight excluding hydrogens is 154 g/mol. The molecule has 0 bridgehead atoms. The third-order valence-electron chi connectivity index (χ3n) is 2.05. The van der Waals surface area contributed by atoms with Gasteiger partial charge in [-0.25, -0.2) is 0 Å². The molecule has 0 aromatic heterocycles. The van der Waals surface area contributed by atoms with Crippen molar-refractivity contribution >= 4 is 8.32 Å². The Balaban J connectivity index is 3.79. The monoisotopic (exact) mass is 175 g/mol. The van der Waals surface area contributed by atoms with Gasteiger partial charge in [0.05, 0.1) is 0 Å². The average molecular weight is 175 g/mol. The Kier molecular flexibility index (Phi) is 4.96. The van der Waals surface area contributed by atoms with Crippen LogP contribution in [-0.2, 0) is 4.43 Å². The molecule has 0 aliphatic heterocycles. The number of rotatable bonds is 5. The predicted molar refractivity (Wildman–Crippen MR) is 52.3 cm³/mol. The molecule has 68 valence electrons. The minimum Gasteiger partial charge on any atom is -0.419 e. The summed E-state index contributed by atoms with van der Waals surface area (Å²) in [6.07, 6.45) is 1.15. The third kappa shape index (κ3) is 4.56. The van der Waals surface area contributed by atoms with Crippen LogP contribution >= 0.6 is 0 Å². The van der Waals surface area contributed by atoms with E-state index in [1.165, 1.54) is 0 Å². The minimum absolute atomic E-state index is 1.14. The van der Waals surface area contributed by atoms with E-state index >= 15 is 0 Å². The molecule has 0 heterocycles. The second-order valence-electron chi connectivity index (χ2n) is 3.43. The van der Waals surface area contributed by atoms with Crippen LogP contribution in [0.4, 0.5) is 0 Å². The van der Waals surface area contributed by atoms with Crippen molar-refractivity contribution < 1.29 is 4.43 Å². The zero-order chi connectivity index (χ0) is 8.91. The molecule has 0 radical (unpaired) electrons. The highest BCUT2D eigenvalue weighted by atomic mass is 28.4. The van der Waals surface area contributed by atoms with Crippen LogP contribution in [0.5, 0.6) is 0 Å². The molecule has 2 nitrogen and oxygen atoms in total. The maximum Gasteiger partial charge on any atom is 0.199 e. The fourth-order valence-corrected chi connectivity index (χ4v) is 2.70. The Labute approximate surface area is 71.7 Å². The van der Waals surface area contributed by atoms with Gasteiger partial charge >= 0.3 is 0 Å². The first kappa shape index (κ1) is 11.1. The number of nitrogens with zero attached hydrogens (tertiary/aromatic N) is 1. The Morgan fingerprint density at radius 3 is 1.91 bits per heavy atom. The number of hydrogen-bond donors (Lipinski definition) is 0. The van der Waals surface area contributed by atoms with Gasteiger partial charge in [-0.3, -0.25) is 0 Å². The van der Waals surface area contributed by atoms with Gasteiger partial charge in [-0.15, -0.1) is 0 Å². The maximum atomic E-state index is 5.47. The molecule has 0 atom stereocenters. The van der Waals surface area contributed by atoms with Gasteiger partial charge in [-0.1, -0.05) is 13.8 Å². The smallest absolute Gasteiger partial charge is 0.199 e. The fraction of sp³-hybridized carbons (Fsp3) is 1.00. The average Bonchev–Trinajstić information content (AvgIpc) is 2.00. The first-order valence-electron chi connectivity index (χ1n) is 4.33. The molecule has 0 fully saturated rings. The van der Waals surface area contributed by atoms with Crippen molar-refractivity contribution in [2.45, 2.75) is 26.9 Å². The normalized spacial score (nSPS) is 12.5. The fourth-order valence-electron chi connectivity index (χ4n) is 1.05. The van der Waals surface area contributed by atoms with Gasteiger partial charge in [0.1, 0.15) is 0 Å². The highest BCUT2D eigenvalue weighted by Gasteiger charge is 2.22. The highest BCUT2D eigenvalue weighted by molar-refractivity contribution is 6.71. The summed E-state index contributed by atoms with van der Waals surface area (Å²) >= 11 is 0. The van der Waals surface area contributed by atoms with E-state index < -0.39 is 8.32 Å². The van der Waals surface area contributed by atoms with Crippen LogP contribution in [0.2, 0.25) is 13.1 Å². The van der Waals surface area contributed by atoms with Crippen LogP contribution in [0.3, 0.4) is 0 Å². The van der Waals surface area contributed by atoms with Crippen LogP contribution in [0.1, 0.15) is 13.8 Å². The van der Waals surface area contributed by atoms with Crippen molar-refractivity contribution in [3.05, 3.63) is 0 Å². The Morgan fingerprint density at radius 2 is 1.64 bits per heavy atom. The van der Waals surface area contributed by atoms with E-state index in [1.807, 2.05) is 7.11 Å².